The molecule has 0 bridgehead atoms. The van der Waals surface area contributed by atoms with Crippen molar-refractivity contribution >= 4 is 5.97 Å². The molecule has 0 aliphatic carbocycles. The molecule has 0 N–H and O–H groups in total. The molecule has 2 atom stereocenters. The highest BCUT2D eigenvalue weighted by Gasteiger charge is 2.30. The lowest BCUT2D eigenvalue weighted by atomic mass is 10.1. The molecule has 0 radical (unpaired) electrons. The van der Waals surface area contributed by atoms with Gasteiger partial charge < -0.3 is 9.64 Å². The molecule has 1 heterocycles. The number of rotatable bonds is 2. The molecule has 4 heteroatoms. The summed E-state index contributed by atoms with van der Waals surface area (Å²) >= 11 is 0. The van der Waals surface area contributed by atoms with Crippen molar-refractivity contribution in [1.29, 1.82) is 0 Å². The molecule has 18 heavy (non-hydrogen) atoms. The highest BCUT2D eigenvalue weighted by atomic mass is 16.6. The molecule has 0 amide bonds. The largest absolute Gasteiger partial charge is 0.459 e. The summed E-state index contributed by atoms with van der Waals surface area (Å²) < 4.78 is 5.47. The maximum atomic E-state index is 12.1. The van der Waals surface area contributed by atoms with E-state index < -0.39 is 5.60 Å². The maximum Gasteiger partial charge on any atom is 0.323 e. The Kier molecular flexibility index (Phi) is 5.17. The summed E-state index contributed by atoms with van der Waals surface area (Å²) in [5.74, 6) is -0.112. The van der Waals surface area contributed by atoms with E-state index in [0.29, 0.717) is 6.04 Å². The average Bonchev–Trinajstić information content (AvgIpc) is 2.35. The van der Waals surface area contributed by atoms with Crippen LogP contribution in [0.3, 0.4) is 0 Å². The van der Waals surface area contributed by atoms with Crippen LogP contribution in [0.2, 0.25) is 0 Å². The Hall–Kier alpha value is -0.610. The summed E-state index contributed by atoms with van der Waals surface area (Å²) in [6, 6.07) is 0.228. The number of carbonyl (C=O) groups is 1. The fourth-order valence-electron chi connectivity index (χ4n) is 2.49. The number of esters is 1. The van der Waals surface area contributed by atoms with E-state index in [9.17, 15) is 4.79 Å². The molecule has 106 valence electrons. The zero-order chi connectivity index (χ0) is 13.9. The van der Waals surface area contributed by atoms with Crippen LogP contribution < -0.4 is 0 Å². The van der Waals surface area contributed by atoms with Crippen molar-refractivity contribution in [2.45, 2.75) is 58.7 Å². The molecule has 0 spiro atoms. The zero-order valence-corrected chi connectivity index (χ0v) is 12.7. The Morgan fingerprint density at radius 3 is 2.50 bits per heavy atom. The molecule has 1 saturated heterocycles. The lowest BCUT2D eigenvalue weighted by Crippen LogP contribution is -2.48. The second kappa shape index (κ2) is 6.02. The van der Waals surface area contributed by atoms with Crippen molar-refractivity contribution in [3.63, 3.8) is 0 Å². The van der Waals surface area contributed by atoms with Crippen LogP contribution in [0.5, 0.6) is 0 Å². The minimum Gasteiger partial charge on any atom is -0.459 e. The van der Waals surface area contributed by atoms with Crippen LogP contribution in [-0.4, -0.2) is 60.1 Å². The number of carbonyl (C=O) groups excluding carboxylic acids is 1. The van der Waals surface area contributed by atoms with E-state index in [2.05, 4.69) is 23.8 Å². The van der Waals surface area contributed by atoms with Crippen molar-refractivity contribution in [2.75, 3.05) is 26.7 Å². The number of likely N-dealkylation sites (N-methyl/N-ethyl adjacent to an activating group) is 1. The van der Waals surface area contributed by atoms with Crippen molar-refractivity contribution in [1.82, 2.24) is 9.80 Å². The van der Waals surface area contributed by atoms with E-state index in [1.165, 1.54) is 0 Å². The molecule has 1 fully saturated rings. The quantitative estimate of drug-likeness (QED) is 0.705. The van der Waals surface area contributed by atoms with E-state index in [-0.39, 0.29) is 12.0 Å². The van der Waals surface area contributed by atoms with Crippen molar-refractivity contribution in [3.05, 3.63) is 0 Å². The lowest BCUT2D eigenvalue weighted by molar-refractivity contribution is -0.161. The van der Waals surface area contributed by atoms with Gasteiger partial charge in [-0.2, -0.15) is 0 Å². The second-order valence-corrected chi connectivity index (χ2v) is 6.41. The van der Waals surface area contributed by atoms with E-state index in [1.807, 2.05) is 27.7 Å². The van der Waals surface area contributed by atoms with Crippen LogP contribution in [0.25, 0.3) is 0 Å². The zero-order valence-electron chi connectivity index (χ0n) is 12.7. The monoisotopic (exact) mass is 256 g/mol. The number of nitrogens with zero attached hydrogens (tertiary/aromatic N) is 2. The number of hydrogen-bond acceptors (Lipinski definition) is 4. The smallest absolute Gasteiger partial charge is 0.323 e. The van der Waals surface area contributed by atoms with Gasteiger partial charge in [0.15, 0.2) is 0 Å². The summed E-state index contributed by atoms with van der Waals surface area (Å²) in [5, 5.41) is 0. The first-order valence-electron chi connectivity index (χ1n) is 6.88. The van der Waals surface area contributed by atoms with Gasteiger partial charge in [-0.3, -0.25) is 9.69 Å². The summed E-state index contributed by atoms with van der Waals surface area (Å²) in [7, 11) is 2.14. The number of hydrogen-bond donors (Lipinski definition) is 0. The van der Waals surface area contributed by atoms with Gasteiger partial charge in [0.1, 0.15) is 11.6 Å². The van der Waals surface area contributed by atoms with Gasteiger partial charge in [0, 0.05) is 19.1 Å². The molecular formula is C14H28N2O2. The maximum absolute atomic E-state index is 12.1. The van der Waals surface area contributed by atoms with Gasteiger partial charge in [0.2, 0.25) is 0 Å². The molecule has 2 unspecified atom stereocenters. The van der Waals surface area contributed by atoms with Gasteiger partial charge in [-0.05, 0) is 54.6 Å². The highest BCUT2D eigenvalue weighted by Crippen LogP contribution is 2.16. The van der Waals surface area contributed by atoms with Crippen molar-refractivity contribution in [2.24, 2.45) is 0 Å². The fourth-order valence-corrected chi connectivity index (χ4v) is 2.49. The first kappa shape index (κ1) is 15.4. The minimum atomic E-state index is -0.406. The standard InChI is InChI=1S/C14H28N2O2/c1-11-10-15(6)8-7-9-16(11)12(2)13(17)18-14(3,4)5/h11-12H,7-10H2,1-6H3. The molecule has 1 rings (SSSR count). The molecule has 0 aromatic rings. The normalized spacial score (nSPS) is 25.6. The third kappa shape index (κ3) is 4.58. The average molecular weight is 256 g/mol. The van der Waals surface area contributed by atoms with Crippen molar-refractivity contribution in [3.8, 4) is 0 Å². The molecule has 1 aliphatic rings. The fraction of sp³-hybridized carbons (Fsp3) is 0.929. The lowest BCUT2D eigenvalue weighted by Gasteiger charge is -2.33. The Morgan fingerprint density at radius 1 is 1.33 bits per heavy atom. The van der Waals surface area contributed by atoms with E-state index in [0.717, 1.165) is 26.1 Å². The Balaban J connectivity index is 2.64. The summed E-state index contributed by atoms with van der Waals surface area (Å²) in [5.41, 5.74) is -0.406. The Morgan fingerprint density at radius 2 is 1.94 bits per heavy atom. The SMILES string of the molecule is CC1CN(C)CCCN1C(C)C(=O)OC(C)(C)C. The predicted octanol–water partition coefficient (Wildman–Crippen LogP) is 1.74. The minimum absolute atomic E-state index is 0.112. The number of ether oxygens (including phenoxy) is 1. The third-order valence-electron chi connectivity index (χ3n) is 3.34. The van der Waals surface area contributed by atoms with Gasteiger partial charge in [-0.25, -0.2) is 0 Å². The molecule has 0 aromatic carbocycles. The van der Waals surface area contributed by atoms with Gasteiger partial charge in [0.25, 0.3) is 0 Å². The molecular weight excluding hydrogens is 228 g/mol. The molecule has 0 saturated carbocycles. The van der Waals surface area contributed by atoms with E-state index in [4.69, 9.17) is 4.74 Å². The highest BCUT2D eigenvalue weighted by molar-refractivity contribution is 5.75. The van der Waals surface area contributed by atoms with Crippen LogP contribution in [0.1, 0.15) is 41.0 Å². The third-order valence-corrected chi connectivity index (χ3v) is 3.34. The van der Waals surface area contributed by atoms with Crippen molar-refractivity contribution < 1.29 is 9.53 Å². The van der Waals surface area contributed by atoms with Gasteiger partial charge in [0.05, 0.1) is 0 Å². The first-order valence-corrected chi connectivity index (χ1v) is 6.88. The second-order valence-electron chi connectivity index (χ2n) is 6.41. The van der Waals surface area contributed by atoms with E-state index in [1.54, 1.807) is 0 Å². The summed E-state index contributed by atoms with van der Waals surface area (Å²) in [6.07, 6.45) is 1.11. The predicted molar refractivity (Wildman–Crippen MR) is 73.6 cm³/mol. The topological polar surface area (TPSA) is 32.8 Å². The van der Waals surface area contributed by atoms with Gasteiger partial charge >= 0.3 is 5.97 Å². The molecule has 0 aromatic heterocycles. The first-order chi connectivity index (χ1) is 8.20. The summed E-state index contributed by atoms with van der Waals surface area (Å²) in [4.78, 5) is 16.7. The summed E-state index contributed by atoms with van der Waals surface area (Å²) in [6.45, 7) is 12.9. The van der Waals surface area contributed by atoms with Gasteiger partial charge in [-0.1, -0.05) is 0 Å². The van der Waals surface area contributed by atoms with Gasteiger partial charge in [-0.15, -0.1) is 0 Å². The van der Waals surface area contributed by atoms with Crippen LogP contribution in [-0.2, 0) is 9.53 Å². The molecule has 1 aliphatic heterocycles. The Labute approximate surface area is 111 Å². The Bertz CT molecular complexity index is 286. The van der Waals surface area contributed by atoms with Crippen LogP contribution in [0.15, 0.2) is 0 Å². The van der Waals surface area contributed by atoms with Crippen LogP contribution >= 0.6 is 0 Å². The molecule has 4 nitrogen and oxygen atoms in total. The van der Waals surface area contributed by atoms with Crippen LogP contribution in [0, 0.1) is 0 Å². The van der Waals surface area contributed by atoms with Crippen LogP contribution in [0.4, 0.5) is 0 Å². The van der Waals surface area contributed by atoms with E-state index >= 15 is 0 Å².